The SMILES string of the molecule is Cn1nncc1CNc1ccccc1C(F)(F)F. The van der Waals surface area contributed by atoms with Crippen LogP contribution >= 0.6 is 0 Å². The number of anilines is 1. The van der Waals surface area contributed by atoms with Gasteiger partial charge in [-0.15, -0.1) is 5.10 Å². The number of nitrogens with one attached hydrogen (secondary N) is 1. The lowest BCUT2D eigenvalue weighted by Crippen LogP contribution is -2.12. The van der Waals surface area contributed by atoms with Crippen LogP contribution in [0.3, 0.4) is 0 Å². The van der Waals surface area contributed by atoms with Crippen molar-refractivity contribution in [2.24, 2.45) is 7.05 Å². The molecule has 7 heteroatoms. The first-order valence-corrected chi connectivity index (χ1v) is 5.22. The molecule has 0 unspecified atom stereocenters. The van der Waals surface area contributed by atoms with Crippen LogP contribution in [-0.2, 0) is 19.8 Å². The van der Waals surface area contributed by atoms with Crippen LogP contribution in [0.5, 0.6) is 0 Å². The fourth-order valence-electron chi connectivity index (χ4n) is 1.54. The first-order chi connectivity index (χ1) is 8.48. The molecule has 1 N–H and O–H groups in total. The lowest BCUT2D eigenvalue weighted by atomic mass is 10.1. The standard InChI is InChI=1S/C11H11F3N4/c1-18-8(7-16-17-18)6-15-10-5-3-2-4-9(10)11(12,13)14/h2-5,7,15H,6H2,1H3. The van der Waals surface area contributed by atoms with Crippen LogP contribution < -0.4 is 5.32 Å². The van der Waals surface area contributed by atoms with E-state index in [4.69, 9.17) is 0 Å². The van der Waals surface area contributed by atoms with Gasteiger partial charge in [0.15, 0.2) is 0 Å². The molecule has 2 rings (SSSR count). The number of halogens is 3. The van der Waals surface area contributed by atoms with E-state index in [0.717, 1.165) is 6.07 Å². The maximum Gasteiger partial charge on any atom is 0.418 e. The Morgan fingerprint density at radius 3 is 2.61 bits per heavy atom. The Labute approximate surface area is 101 Å². The van der Waals surface area contributed by atoms with E-state index in [1.165, 1.54) is 23.0 Å². The molecule has 0 aliphatic carbocycles. The van der Waals surface area contributed by atoms with Crippen molar-refractivity contribution in [3.05, 3.63) is 41.7 Å². The molecule has 4 nitrogen and oxygen atoms in total. The number of hydrogen-bond donors (Lipinski definition) is 1. The highest BCUT2D eigenvalue weighted by atomic mass is 19.4. The van der Waals surface area contributed by atoms with Gasteiger partial charge in [0, 0.05) is 12.7 Å². The van der Waals surface area contributed by atoms with Gasteiger partial charge in [-0.25, -0.2) is 0 Å². The van der Waals surface area contributed by atoms with Gasteiger partial charge in [-0.05, 0) is 12.1 Å². The summed E-state index contributed by atoms with van der Waals surface area (Å²) in [5.41, 5.74) is 0.0679. The molecule has 0 amide bonds. The zero-order valence-corrected chi connectivity index (χ0v) is 9.57. The summed E-state index contributed by atoms with van der Waals surface area (Å²) in [6.07, 6.45) is -2.86. The summed E-state index contributed by atoms with van der Waals surface area (Å²) >= 11 is 0. The topological polar surface area (TPSA) is 42.7 Å². The van der Waals surface area contributed by atoms with Crippen molar-refractivity contribution >= 4 is 5.69 Å². The molecular formula is C11H11F3N4. The summed E-state index contributed by atoms with van der Waals surface area (Å²) < 4.78 is 39.7. The van der Waals surface area contributed by atoms with E-state index in [0.29, 0.717) is 5.69 Å². The average Bonchev–Trinajstić information content (AvgIpc) is 2.71. The highest BCUT2D eigenvalue weighted by Gasteiger charge is 2.33. The van der Waals surface area contributed by atoms with Gasteiger partial charge in [0.25, 0.3) is 0 Å². The molecule has 1 aromatic heterocycles. The Hall–Kier alpha value is -2.05. The zero-order chi connectivity index (χ0) is 13.2. The molecular weight excluding hydrogens is 245 g/mol. The molecule has 2 aromatic rings. The Bertz CT molecular complexity index is 533. The smallest absolute Gasteiger partial charge is 0.379 e. The molecule has 0 aliphatic heterocycles. The third-order valence-electron chi connectivity index (χ3n) is 2.50. The average molecular weight is 256 g/mol. The fraction of sp³-hybridized carbons (Fsp3) is 0.273. The molecule has 0 bridgehead atoms. The third kappa shape index (κ3) is 2.61. The summed E-state index contributed by atoms with van der Waals surface area (Å²) in [6.45, 7) is 0.233. The van der Waals surface area contributed by atoms with Crippen LogP contribution in [0.15, 0.2) is 30.5 Å². The molecule has 0 saturated heterocycles. The van der Waals surface area contributed by atoms with Gasteiger partial charge < -0.3 is 5.32 Å². The first kappa shape index (κ1) is 12.4. The molecule has 96 valence electrons. The second kappa shape index (κ2) is 4.67. The fourth-order valence-corrected chi connectivity index (χ4v) is 1.54. The van der Waals surface area contributed by atoms with Crippen molar-refractivity contribution < 1.29 is 13.2 Å². The molecule has 0 radical (unpaired) electrons. The second-order valence-electron chi connectivity index (χ2n) is 3.75. The van der Waals surface area contributed by atoms with E-state index in [1.807, 2.05) is 0 Å². The predicted molar refractivity (Wildman–Crippen MR) is 59.8 cm³/mol. The number of benzene rings is 1. The minimum absolute atomic E-state index is 0.0474. The minimum atomic E-state index is -4.37. The Balaban J connectivity index is 2.17. The van der Waals surface area contributed by atoms with E-state index < -0.39 is 11.7 Å². The van der Waals surface area contributed by atoms with Gasteiger partial charge in [0.05, 0.1) is 24.0 Å². The van der Waals surface area contributed by atoms with Gasteiger partial charge in [0.1, 0.15) is 0 Å². The van der Waals surface area contributed by atoms with E-state index in [9.17, 15) is 13.2 Å². The van der Waals surface area contributed by atoms with Crippen molar-refractivity contribution in [1.82, 2.24) is 15.0 Å². The maximum absolute atomic E-state index is 12.7. The number of rotatable bonds is 3. The van der Waals surface area contributed by atoms with Crippen molar-refractivity contribution in [3.8, 4) is 0 Å². The first-order valence-electron chi connectivity index (χ1n) is 5.22. The van der Waals surface area contributed by atoms with Crippen LogP contribution in [0.2, 0.25) is 0 Å². The second-order valence-corrected chi connectivity index (χ2v) is 3.75. The van der Waals surface area contributed by atoms with Crippen LogP contribution in [-0.4, -0.2) is 15.0 Å². The Morgan fingerprint density at radius 2 is 2.00 bits per heavy atom. The van der Waals surface area contributed by atoms with Crippen LogP contribution in [0.4, 0.5) is 18.9 Å². The third-order valence-corrected chi connectivity index (χ3v) is 2.50. The number of hydrogen-bond acceptors (Lipinski definition) is 3. The number of para-hydroxylation sites is 1. The van der Waals surface area contributed by atoms with Crippen molar-refractivity contribution in [2.75, 3.05) is 5.32 Å². The van der Waals surface area contributed by atoms with Crippen molar-refractivity contribution in [3.63, 3.8) is 0 Å². The van der Waals surface area contributed by atoms with Crippen LogP contribution in [0, 0.1) is 0 Å². The molecule has 0 saturated carbocycles. The van der Waals surface area contributed by atoms with Crippen LogP contribution in [0.25, 0.3) is 0 Å². The number of nitrogens with zero attached hydrogens (tertiary/aromatic N) is 3. The number of alkyl halides is 3. The predicted octanol–water partition coefficient (Wildman–Crippen LogP) is 2.45. The summed E-state index contributed by atoms with van der Waals surface area (Å²) in [6, 6.07) is 5.36. The molecule has 0 aliphatic rings. The van der Waals surface area contributed by atoms with Crippen LogP contribution in [0.1, 0.15) is 11.3 Å². The molecule has 0 spiro atoms. The highest BCUT2D eigenvalue weighted by molar-refractivity contribution is 5.52. The summed E-state index contributed by atoms with van der Waals surface area (Å²) in [7, 11) is 1.68. The molecule has 1 aromatic carbocycles. The number of aromatic nitrogens is 3. The van der Waals surface area contributed by atoms with Gasteiger partial charge in [-0.2, -0.15) is 13.2 Å². The largest absolute Gasteiger partial charge is 0.418 e. The van der Waals surface area contributed by atoms with E-state index in [-0.39, 0.29) is 12.2 Å². The lowest BCUT2D eigenvalue weighted by molar-refractivity contribution is -0.136. The molecule has 18 heavy (non-hydrogen) atoms. The molecule has 0 fully saturated rings. The zero-order valence-electron chi connectivity index (χ0n) is 9.57. The summed E-state index contributed by atoms with van der Waals surface area (Å²) in [5, 5.41) is 10.1. The van der Waals surface area contributed by atoms with E-state index in [1.54, 1.807) is 13.1 Å². The quantitative estimate of drug-likeness (QED) is 0.917. The summed E-state index contributed by atoms with van der Waals surface area (Å²) in [4.78, 5) is 0. The molecule has 0 atom stereocenters. The molecule has 1 heterocycles. The normalized spacial score (nSPS) is 11.6. The van der Waals surface area contributed by atoms with E-state index in [2.05, 4.69) is 15.6 Å². The van der Waals surface area contributed by atoms with Gasteiger partial charge in [0.2, 0.25) is 0 Å². The van der Waals surface area contributed by atoms with Crippen molar-refractivity contribution in [1.29, 1.82) is 0 Å². The number of aryl methyl sites for hydroxylation is 1. The van der Waals surface area contributed by atoms with Gasteiger partial charge in [-0.1, -0.05) is 17.3 Å². The van der Waals surface area contributed by atoms with Gasteiger partial charge >= 0.3 is 6.18 Å². The Morgan fingerprint density at radius 1 is 1.28 bits per heavy atom. The maximum atomic E-state index is 12.7. The highest BCUT2D eigenvalue weighted by Crippen LogP contribution is 2.34. The monoisotopic (exact) mass is 256 g/mol. The Kier molecular flexibility index (Phi) is 3.22. The van der Waals surface area contributed by atoms with Gasteiger partial charge in [-0.3, -0.25) is 4.68 Å². The lowest BCUT2D eigenvalue weighted by Gasteiger charge is -2.14. The minimum Gasteiger partial charge on any atom is -0.379 e. The van der Waals surface area contributed by atoms with E-state index >= 15 is 0 Å². The van der Waals surface area contributed by atoms with Crippen molar-refractivity contribution in [2.45, 2.75) is 12.7 Å². The summed E-state index contributed by atoms with van der Waals surface area (Å²) in [5.74, 6) is 0.